The monoisotopic (exact) mass is 300 g/mol. The molecule has 0 aliphatic rings. The molecule has 0 amide bonds. The maximum Gasteiger partial charge on any atom is 0.297 e. The van der Waals surface area contributed by atoms with Gasteiger partial charge in [-0.1, -0.05) is 31.2 Å². The average molecular weight is 300 g/mol. The number of rotatable bonds is 4. The molecule has 1 heterocycles. The minimum atomic E-state index is -2.74. The lowest BCUT2D eigenvalue weighted by Crippen LogP contribution is -1.99. The van der Waals surface area contributed by atoms with Crippen LogP contribution in [-0.4, -0.2) is 9.97 Å². The van der Waals surface area contributed by atoms with E-state index in [-0.39, 0.29) is 5.88 Å². The van der Waals surface area contributed by atoms with Gasteiger partial charge < -0.3 is 4.74 Å². The molecule has 0 saturated heterocycles. The van der Waals surface area contributed by atoms with E-state index in [2.05, 4.69) is 16.9 Å². The number of alkyl halides is 2. The fourth-order valence-corrected chi connectivity index (χ4v) is 2.14. The maximum absolute atomic E-state index is 12.9. The third kappa shape index (κ3) is 2.88. The van der Waals surface area contributed by atoms with E-state index in [9.17, 15) is 8.78 Å². The summed E-state index contributed by atoms with van der Waals surface area (Å²) in [6.07, 6.45) is -1.82. The molecule has 0 aliphatic carbocycles. The van der Waals surface area contributed by atoms with Crippen LogP contribution in [0.1, 0.15) is 24.7 Å². The van der Waals surface area contributed by atoms with Gasteiger partial charge in [0.1, 0.15) is 5.75 Å². The Morgan fingerprint density at radius 3 is 2.41 bits per heavy atom. The van der Waals surface area contributed by atoms with Crippen LogP contribution in [0.3, 0.4) is 0 Å². The molecule has 5 heteroatoms. The number of ether oxygens (including phenoxy) is 1. The summed E-state index contributed by atoms with van der Waals surface area (Å²) in [6, 6.07) is 14.4. The standard InChI is InChI=1S/C17H14F2N2O/c1-2-11-7-9-12(10-8-11)22-17-13-5-3-4-6-14(13)20-16(21-17)15(18)19/h3-10,15H,2H2,1H3. The molecule has 3 nitrogen and oxygen atoms in total. The van der Waals surface area contributed by atoms with Crippen molar-refractivity contribution in [1.82, 2.24) is 9.97 Å². The van der Waals surface area contributed by atoms with Crippen molar-refractivity contribution < 1.29 is 13.5 Å². The second-order valence-corrected chi connectivity index (χ2v) is 4.80. The quantitative estimate of drug-likeness (QED) is 0.686. The van der Waals surface area contributed by atoms with Crippen molar-refractivity contribution in [3.63, 3.8) is 0 Å². The van der Waals surface area contributed by atoms with Gasteiger partial charge in [-0.25, -0.2) is 13.8 Å². The minimum Gasteiger partial charge on any atom is -0.438 e. The largest absolute Gasteiger partial charge is 0.438 e. The van der Waals surface area contributed by atoms with E-state index in [1.807, 2.05) is 12.1 Å². The molecule has 0 radical (unpaired) electrons. The molecule has 0 saturated carbocycles. The first-order valence-electron chi connectivity index (χ1n) is 6.99. The minimum absolute atomic E-state index is 0.144. The highest BCUT2D eigenvalue weighted by molar-refractivity contribution is 5.83. The number of aryl methyl sites for hydroxylation is 1. The molecule has 0 atom stereocenters. The van der Waals surface area contributed by atoms with Crippen molar-refractivity contribution in [2.45, 2.75) is 19.8 Å². The van der Waals surface area contributed by atoms with E-state index in [4.69, 9.17) is 4.74 Å². The third-order valence-electron chi connectivity index (χ3n) is 3.33. The predicted molar refractivity (Wildman–Crippen MR) is 80.4 cm³/mol. The van der Waals surface area contributed by atoms with Gasteiger partial charge in [-0.05, 0) is 36.2 Å². The second kappa shape index (κ2) is 6.05. The second-order valence-electron chi connectivity index (χ2n) is 4.80. The highest BCUT2D eigenvalue weighted by Crippen LogP contribution is 2.29. The van der Waals surface area contributed by atoms with E-state index in [0.717, 1.165) is 6.42 Å². The van der Waals surface area contributed by atoms with Gasteiger partial charge in [0.25, 0.3) is 6.43 Å². The summed E-state index contributed by atoms with van der Waals surface area (Å²) in [5.74, 6) is 0.172. The number of nitrogens with zero attached hydrogens (tertiary/aromatic N) is 2. The van der Waals surface area contributed by atoms with Gasteiger partial charge >= 0.3 is 0 Å². The molecule has 0 N–H and O–H groups in total. The molecule has 22 heavy (non-hydrogen) atoms. The zero-order valence-electron chi connectivity index (χ0n) is 12.0. The van der Waals surface area contributed by atoms with Crippen LogP contribution in [0, 0.1) is 0 Å². The summed E-state index contributed by atoms with van der Waals surface area (Å²) in [6.45, 7) is 2.06. The van der Waals surface area contributed by atoms with Crippen molar-refractivity contribution in [3.05, 3.63) is 59.9 Å². The zero-order chi connectivity index (χ0) is 15.5. The van der Waals surface area contributed by atoms with Crippen molar-refractivity contribution in [2.24, 2.45) is 0 Å². The molecule has 1 aromatic heterocycles. The van der Waals surface area contributed by atoms with Crippen molar-refractivity contribution in [1.29, 1.82) is 0 Å². The Morgan fingerprint density at radius 1 is 1.00 bits per heavy atom. The molecule has 112 valence electrons. The van der Waals surface area contributed by atoms with Crippen LogP contribution in [0.15, 0.2) is 48.5 Å². The van der Waals surface area contributed by atoms with Gasteiger partial charge in [0, 0.05) is 0 Å². The van der Waals surface area contributed by atoms with Gasteiger partial charge in [-0.15, -0.1) is 0 Å². The van der Waals surface area contributed by atoms with Crippen LogP contribution in [-0.2, 0) is 6.42 Å². The van der Waals surface area contributed by atoms with Gasteiger partial charge in [-0.3, -0.25) is 0 Å². The summed E-state index contributed by atoms with van der Waals surface area (Å²) < 4.78 is 31.6. The first-order chi connectivity index (χ1) is 10.7. The molecule has 3 rings (SSSR count). The van der Waals surface area contributed by atoms with Crippen molar-refractivity contribution in [3.8, 4) is 11.6 Å². The van der Waals surface area contributed by atoms with Gasteiger partial charge in [0.15, 0.2) is 5.82 Å². The average Bonchev–Trinajstić information content (AvgIpc) is 2.55. The SMILES string of the molecule is CCc1ccc(Oc2nc(C(F)F)nc3ccccc23)cc1. The molecule has 0 unspecified atom stereocenters. The zero-order valence-corrected chi connectivity index (χ0v) is 12.0. The lowest BCUT2D eigenvalue weighted by Gasteiger charge is -2.10. The topological polar surface area (TPSA) is 35.0 Å². The van der Waals surface area contributed by atoms with Crippen LogP contribution in [0.2, 0.25) is 0 Å². The predicted octanol–water partition coefficient (Wildman–Crippen LogP) is 4.92. The molecule has 0 spiro atoms. The molecule has 0 bridgehead atoms. The normalized spacial score (nSPS) is 11.1. The van der Waals surface area contributed by atoms with E-state index in [1.165, 1.54) is 5.56 Å². The van der Waals surface area contributed by atoms with Gasteiger partial charge in [0.05, 0.1) is 10.9 Å². The Labute approximate surface area is 126 Å². The van der Waals surface area contributed by atoms with Gasteiger partial charge in [-0.2, -0.15) is 4.98 Å². The number of aromatic nitrogens is 2. The van der Waals surface area contributed by atoms with E-state index in [1.54, 1.807) is 36.4 Å². The number of fused-ring (bicyclic) bond motifs is 1. The van der Waals surface area contributed by atoms with Crippen LogP contribution >= 0.6 is 0 Å². The number of para-hydroxylation sites is 1. The summed E-state index contributed by atoms with van der Waals surface area (Å²) >= 11 is 0. The number of hydrogen-bond donors (Lipinski definition) is 0. The Kier molecular flexibility index (Phi) is 3.96. The first-order valence-corrected chi connectivity index (χ1v) is 6.99. The number of benzene rings is 2. The lowest BCUT2D eigenvalue weighted by molar-refractivity contribution is 0.140. The molecule has 0 aliphatic heterocycles. The van der Waals surface area contributed by atoms with E-state index in [0.29, 0.717) is 16.7 Å². The van der Waals surface area contributed by atoms with Crippen LogP contribution < -0.4 is 4.74 Å². The number of hydrogen-bond acceptors (Lipinski definition) is 3. The Bertz CT molecular complexity index is 788. The van der Waals surface area contributed by atoms with Crippen LogP contribution in [0.4, 0.5) is 8.78 Å². The molecular formula is C17H14F2N2O. The van der Waals surface area contributed by atoms with Crippen LogP contribution in [0.25, 0.3) is 10.9 Å². The molecular weight excluding hydrogens is 286 g/mol. The Morgan fingerprint density at radius 2 is 1.73 bits per heavy atom. The summed E-state index contributed by atoms with van der Waals surface area (Å²) in [5, 5.41) is 0.603. The van der Waals surface area contributed by atoms with E-state index < -0.39 is 12.2 Å². The summed E-state index contributed by atoms with van der Waals surface area (Å²) in [7, 11) is 0. The van der Waals surface area contributed by atoms with E-state index >= 15 is 0 Å². The van der Waals surface area contributed by atoms with Crippen molar-refractivity contribution >= 4 is 10.9 Å². The Balaban J connectivity index is 2.04. The molecule has 0 fully saturated rings. The smallest absolute Gasteiger partial charge is 0.297 e. The van der Waals surface area contributed by atoms with Gasteiger partial charge in [0.2, 0.25) is 5.88 Å². The maximum atomic E-state index is 12.9. The lowest BCUT2D eigenvalue weighted by atomic mass is 10.2. The van der Waals surface area contributed by atoms with Crippen LogP contribution in [0.5, 0.6) is 11.6 Å². The number of halogens is 2. The molecule has 3 aromatic rings. The summed E-state index contributed by atoms with van der Waals surface area (Å²) in [4.78, 5) is 7.72. The third-order valence-corrected chi connectivity index (χ3v) is 3.33. The van der Waals surface area contributed by atoms with Crippen molar-refractivity contribution in [2.75, 3.05) is 0 Å². The highest BCUT2D eigenvalue weighted by Gasteiger charge is 2.16. The highest BCUT2D eigenvalue weighted by atomic mass is 19.3. The Hall–Kier alpha value is -2.56. The fourth-order valence-electron chi connectivity index (χ4n) is 2.14. The summed E-state index contributed by atoms with van der Waals surface area (Å²) in [5.41, 5.74) is 1.61. The molecule has 2 aromatic carbocycles. The first kappa shape index (κ1) is 14.4. The fraction of sp³-hybridized carbons (Fsp3) is 0.176.